The number of nitrogens with zero attached hydrogens (tertiary/aromatic N) is 3. The van der Waals surface area contributed by atoms with Gasteiger partial charge in [0.2, 0.25) is 5.95 Å². The Morgan fingerprint density at radius 2 is 1.78 bits per heavy atom. The molecule has 3 aromatic rings. The molecule has 1 fully saturated rings. The lowest BCUT2D eigenvalue weighted by atomic mass is 9.83. The van der Waals surface area contributed by atoms with Crippen molar-refractivity contribution in [2.75, 3.05) is 5.43 Å². The van der Waals surface area contributed by atoms with Crippen LogP contribution in [0.25, 0.3) is 10.9 Å². The Morgan fingerprint density at radius 3 is 2.52 bits per heavy atom. The zero-order valence-corrected chi connectivity index (χ0v) is 15.6. The van der Waals surface area contributed by atoms with Gasteiger partial charge in [0.25, 0.3) is 5.56 Å². The first-order valence-corrected chi connectivity index (χ1v) is 9.62. The van der Waals surface area contributed by atoms with E-state index in [9.17, 15) is 4.79 Å². The molecule has 0 bridgehead atoms. The van der Waals surface area contributed by atoms with Crippen LogP contribution in [0.1, 0.15) is 44.1 Å². The van der Waals surface area contributed by atoms with Gasteiger partial charge in [-0.3, -0.25) is 9.36 Å². The van der Waals surface area contributed by atoms with Crippen LogP contribution >= 0.6 is 0 Å². The summed E-state index contributed by atoms with van der Waals surface area (Å²) in [7, 11) is 0. The van der Waals surface area contributed by atoms with E-state index in [0.717, 1.165) is 31.4 Å². The molecule has 0 spiro atoms. The fraction of sp³-hybridized carbons (Fsp3) is 0.318. The van der Waals surface area contributed by atoms with Crippen molar-refractivity contribution in [1.29, 1.82) is 0 Å². The van der Waals surface area contributed by atoms with E-state index in [2.05, 4.69) is 45.8 Å². The first kappa shape index (κ1) is 17.5. The van der Waals surface area contributed by atoms with E-state index in [1.54, 1.807) is 4.57 Å². The van der Waals surface area contributed by atoms with Crippen LogP contribution in [0.2, 0.25) is 0 Å². The van der Waals surface area contributed by atoms with E-state index in [4.69, 9.17) is 0 Å². The Labute approximate surface area is 158 Å². The third kappa shape index (κ3) is 3.63. The highest BCUT2D eigenvalue weighted by atomic mass is 16.1. The minimum absolute atomic E-state index is 0.0291. The van der Waals surface area contributed by atoms with Gasteiger partial charge in [-0.25, -0.2) is 10.4 Å². The summed E-state index contributed by atoms with van der Waals surface area (Å²) in [6.07, 6.45) is 4.15. The predicted octanol–water partition coefficient (Wildman–Crippen LogP) is 4.54. The molecule has 5 heteroatoms. The molecule has 1 N–H and O–H groups in total. The van der Waals surface area contributed by atoms with E-state index < -0.39 is 0 Å². The number of aromatic nitrogens is 2. The summed E-state index contributed by atoms with van der Waals surface area (Å²) in [5.41, 5.74) is 6.29. The Bertz CT molecular complexity index is 1010. The third-order valence-electron chi connectivity index (χ3n) is 5.33. The quantitative estimate of drug-likeness (QED) is 0.695. The SMILES string of the molecule is CCn1c(NN=C2CCC(c3ccccc3)CC2)nc2ccccc2c1=O. The number of para-hydroxylation sites is 1. The molecule has 1 aromatic heterocycles. The molecule has 0 amide bonds. The van der Waals surface area contributed by atoms with Crippen LogP contribution in [0.4, 0.5) is 5.95 Å². The minimum Gasteiger partial charge on any atom is -0.277 e. The molecule has 1 heterocycles. The lowest BCUT2D eigenvalue weighted by Gasteiger charge is -2.23. The number of nitrogens with one attached hydrogen (secondary N) is 1. The van der Waals surface area contributed by atoms with Gasteiger partial charge in [0, 0.05) is 12.3 Å². The summed E-state index contributed by atoms with van der Waals surface area (Å²) in [4.78, 5) is 17.3. The van der Waals surface area contributed by atoms with Gasteiger partial charge < -0.3 is 0 Å². The van der Waals surface area contributed by atoms with Crippen LogP contribution in [-0.4, -0.2) is 15.3 Å². The normalized spacial score (nSPS) is 17.1. The maximum absolute atomic E-state index is 12.7. The number of hydrogen-bond acceptors (Lipinski definition) is 4. The summed E-state index contributed by atoms with van der Waals surface area (Å²) < 4.78 is 1.64. The van der Waals surface area contributed by atoms with Gasteiger partial charge in [-0.15, -0.1) is 0 Å². The number of hydrogen-bond donors (Lipinski definition) is 1. The molecule has 4 rings (SSSR count). The molecule has 2 aromatic carbocycles. The Kier molecular flexibility index (Phi) is 5.01. The van der Waals surface area contributed by atoms with Crippen LogP contribution in [0.5, 0.6) is 0 Å². The standard InChI is InChI=1S/C22H24N4O/c1-2-26-21(27)19-10-6-7-11-20(19)23-22(26)25-24-18-14-12-17(13-15-18)16-8-4-3-5-9-16/h3-11,17H,2,12-15H2,1H3,(H,23,25). The maximum Gasteiger partial charge on any atom is 0.262 e. The Morgan fingerprint density at radius 1 is 1.07 bits per heavy atom. The molecule has 0 radical (unpaired) electrons. The summed E-state index contributed by atoms with van der Waals surface area (Å²) in [5.74, 6) is 1.12. The van der Waals surface area contributed by atoms with Gasteiger partial charge in [0.05, 0.1) is 10.9 Å². The van der Waals surface area contributed by atoms with Crippen molar-refractivity contribution in [3.63, 3.8) is 0 Å². The molecule has 1 aliphatic carbocycles. The lowest BCUT2D eigenvalue weighted by Crippen LogP contribution is -2.24. The largest absolute Gasteiger partial charge is 0.277 e. The van der Waals surface area contributed by atoms with E-state index in [1.165, 1.54) is 5.56 Å². The van der Waals surface area contributed by atoms with Crippen molar-refractivity contribution in [1.82, 2.24) is 9.55 Å². The summed E-state index contributed by atoms with van der Waals surface area (Å²) >= 11 is 0. The van der Waals surface area contributed by atoms with Crippen molar-refractivity contribution < 1.29 is 0 Å². The summed E-state index contributed by atoms with van der Waals surface area (Å²) in [6, 6.07) is 18.1. The Balaban J connectivity index is 1.51. The molecule has 27 heavy (non-hydrogen) atoms. The van der Waals surface area contributed by atoms with Crippen molar-refractivity contribution in [2.45, 2.75) is 45.1 Å². The smallest absolute Gasteiger partial charge is 0.262 e. The van der Waals surface area contributed by atoms with Gasteiger partial charge >= 0.3 is 0 Å². The number of fused-ring (bicyclic) bond motifs is 1. The number of rotatable bonds is 4. The molecular formula is C22H24N4O. The molecule has 1 saturated carbocycles. The highest BCUT2D eigenvalue weighted by Crippen LogP contribution is 2.31. The highest BCUT2D eigenvalue weighted by Gasteiger charge is 2.19. The van der Waals surface area contributed by atoms with Gasteiger partial charge in [-0.1, -0.05) is 42.5 Å². The third-order valence-corrected chi connectivity index (χ3v) is 5.33. The number of anilines is 1. The second-order valence-corrected chi connectivity index (χ2v) is 6.98. The first-order chi connectivity index (χ1) is 13.3. The monoisotopic (exact) mass is 360 g/mol. The van der Waals surface area contributed by atoms with Crippen molar-refractivity contribution in [2.24, 2.45) is 5.10 Å². The van der Waals surface area contributed by atoms with Gasteiger partial charge in [-0.05, 0) is 56.2 Å². The van der Waals surface area contributed by atoms with Crippen molar-refractivity contribution >= 4 is 22.6 Å². The zero-order valence-electron chi connectivity index (χ0n) is 15.6. The average molecular weight is 360 g/mol. The summed E-state index contributed by atoms with van der Waals surface area (Å²) in [5, 5.41) is 5.22. The molecule has 0 atom stereocenters. The maximum atomic E-state index is 12.7. The van der Waals surface area contributed by atoms with Gasteiger partial charge in [0.1, 0.15) is 0 Å². The van der Waals surface area contributed by atoms with Crippen molar-refractivity contribution in [3.05, 3.63) is 70.5 Å². The van der Waals surface area contributed by atoms with Gasteiger partial charge in [0.15, 0.2) is 0 Å². The molecule has 1 aliphatic rings. The van der Waals surface area contributed by atoms with E-state index in [-0.39, 0.29) is 5.56 Å². The zero-order chi connectivity index (χ0) is 18.6. The van der Waals surface area contributed by atoms with Crippen LogP contribution in [-0.2, 0) is 6.54 Å². The molecular weight excluding hydrogens is 336 g/mol. The second-order valence-electron chi connectivity index (χ2n) is 6.98. The van der Waals surface area contributed by atoms with Gasteiger partial charge in [-0.2, -0.15) is 5.10 Å². The summed E-state index contributed by atoms with van der Waals surface area (Å²) in [6.45, 7) is 2.50. The molecule has 0 unspecified atom stereocenters. The molecule has 0 aliphatic heterocycles. The van der Waals surface area contributed by atoms with Crippen LogP contribution in [0.15, 0.2) is 64.5 Å². The fourth-order valence-electron chi connectivity index (χ4n) is 3.80. The van der Waals surface area contributed by atoms with Crippen LogP contribution in [0, 0.1) is 0 Å². The number of hydrazone groups is 1. The van der Waals surface area contributed by atoms with Crippen molar-refractivity contribution in [3.8, 4) is 0 Å². The molecule has 138 valence electrons. The highest BCUT2D eigenvalue weighted by molar-refractivity contribution is 5.86. The van der Waals surface area contributed by atoms with E-state index in [0.29, 0.717) is 29.3 Å². The lowest BCUT2D eigenvalue weighted by molar-refractivity contribution is 0.565. The van der Waals surface area contributed by atoms with Crippen LogP contribution in [0.3, 0.4) is 0 Å². The van der Waals surface area contributed by atoms with E-state index >= 15 is 0 Å². The van der Waals surface area contributed by atoms with Crippen LogP contribution < -0.4 is 11.0 Å². The molecule has 5 nitrogen and oxygen atoms in total. The second kappa shape index (κ2) is 7.74. The Hall–Kier alpha value is -2.95. The first-order valence-electron chi connectivity index (χ1n) is 9.62. The number of benzene rings is 2. The van der Waals surface area contributed by atoms with E-state index in [1.807, 2.05) is 31.2 Å². The topological polar surface area (TPSA) is 59.3 Å². The predicted molar refractivity (Wildman–Crippen MR) is 110 cm³/mol. The molecule has 0 saturated heterocycles. The fourth-order valence-corrected chi connectivity index (χ4v) is 3.80. The minimum atomic E-state index is -0.0291. The average Bonchev–Trinajstić information content (AvgIpc) is 2.73.